The van der Waals surface area contributed by atoms with E-state index in [4.69, 9.17) is 0 Å². The second-order valence-corrected chi connectivity index (χ2v) is 7.39. The quantitative estimate of drug-likeness (QED) is 0.519. The second kappa shape index (κ2) is 8.06. The summed E-state index contributed by atoms with van der Waals surface area (Å²) < 4.78 is 14.0. The number of rotatable bonds is 7. The number of urea groups is 1. The Morgan fingerprint density at radius 2 is 1.57 bits per heavy atom. The Balaban J connectivity index is 1.47. The monoisotopic (exact) mass is 409 g/mol. The molecule has 1 saturated carbocycles. The van der Waals surface area contributed by atoms with Gasteiger partial charge in [0.2, 0.25) is 5.91 Å². The Morgan fingerprint density at radius 3 is 2.23 bits per heavy atom. The largest absolute Gasteiger partial charge is 0.335 e. The van der Waals surface area contributed by atoms with Gasteiger partial charge in [0.1, 0.15) is 12.4 Å². The Kier molecular flexibility index (Phi) is 5.31. The summed E-state index contributed by atoms with van der Waals surface area (Å²) >= 11 is 0. The number of amides is 5. The number of halogens is 1. The van der Waals surface area contributed by atoms with Gasteiger partial charge < -0.3 is 4.90 Å². The highest BCUT2D eigenvalue weighted by Crippen LogP contribution is 2.29. The van der Waals surface area contributed by atoms with E-state index in [2.05, 4.69) is 0 Å². The first-order chi connectivity index (χ1) is 14.5. The smallest absolute Gasteiger partial charge is 0.334 e. The molecule has 2 aromatic carbocycles. The molecule has 7 nitrogen and oxygen atoms in total. The van der Waals surface area contributed by atoms with E-state index in [0.717, 1.165) is 17.7 Å². The lowest BCUT2D eigenvalue weighted by atomic mass is 10.2. The second-order valence-electron chi connectivity index (χ2n) is 7.39. The topological polar surface area (TPSA) is 78.0 Å². The summed E-state index contributed by atoms with van der Waals surface area (Å²) in [5.41, 5.74) is 1.05. The van der Waals surface area contributed by atoms with Crippen molar-refractivity contribution in [3.8, 4) is 0 Å². The summed E-state index contributed by atoms with van der Waals surface area (Å²) in [5.74, 6) is -2.89. The average Bonchev–Trinajstić information content (AvgIpc) is 3.57. The number of hydrogen-bond acceptors (Lipinski definition) is 4. The Hall–Kier alpha value is -3.55. The van der Waals surface area contributed by atoms with Gasteiger partial charge in [0.15, 0.2) is 0 Å². The fourth-order valence-electron chi connectivity index (χ4n) is 3.44. The van der Waals surface area contributed by atoms with E-state index in [1.807, 2.05) is 0 Å². The lowest BCUT2D eigenvalue weighted by Crippen LogP contribution is -2.44. The third kappa shape index (κ3) is 3.94. The van der Waals surface area contributed by atoms with Crippen molar-refractivity contribution in [2.75, 3.05) is 6.54 Å². The zero-order valence-electron chi connectivity index (χ0n) is 16.2. The van der Waals surface area contributed by atoms with Gasteiger partial charge in [0, 0.05) is 18.2 Å². The molecular formula is C22H20FN3O4. The van der Waals surface area contributed by atoms with Crippen LogP contribution in [0.5, 0.6) is 0 Å². The molecule has 1 aliphatic carbocycles. The number of benzene rings is 2. The van der Waals surface area contributed by atoms with Crippen molar-refractivity contribution >= 4 is 23.8 Å². The van der Waals surface area contributed by atoms with E-state index in [1.54, 1.807) is 48.5 Å². The number of imide groups is 2. The van der Waals surface area contributed by atoms with Crippen LogP contribution in [0.3, 0.4) is 0 Å². The van der Waals surface area contributed by atoms with Gasteiger partial charge in [0.25, 0.3) is 0 Å². The van der Waals surface area contributed by atoms with Crippen molar-refractivity contribution < 1.29 is 23.6 Å². The molecular weight excluding hydrogens is 389 g/mol. The van der Waals surface area contributed by atoms with E-state index in [-0.39, 0.29) is 19.1 Å². The maximum Gasteiger partial charge on any atom is 0.335 e. The van der Waals surface area contributed by atoms with Gasteiger partial charge in [-0.05, 0) is 24.5 Å². The lowest BCUT2D eigenvalue weighted by Gasteiger charge is -2.25. The van der Waals surface area contributed by atoms with Crippen LogP contribution in [0.4, 0.5) is 9.18 Å². The normalized spacial score (nSPS) is 16.4. The van der Waals surface area contributed by atoms with Gasteiger partial charge in [-0.3, -0.25) is 19.3 Å². The van der Waals surface area contributed by atoms with Crippen LogP contribution in [0, 0.1) is 5.82 Å². The predicted octanol–water partition coefficient (Wildman–Crippen LogP) is 2.31. The van der Waals surface area contributed by atoms with Crippen LogP contribution >= 0.6 is 0 Å². The molecule has 2 aromatic rings. The van der Waals surface area contributed by atoms with Crippen LogP contribution in [-0.2, 0) is 27.5 Å². The molecule has 8 heteroatoms. The molecule has 0 unspecified atom stereocenters. The van der Waals surface area contributed by atoms with E-state index in [1.165, 1.54) is 11.0 Å². The van der Waals surface area contributed by atoms with Crippen molar-refractivity contribution in [3.05, 3.63) is 71.5 Å². The van der Waals surface area contributed by atoms with Crippen molar-refractivity contribution in [2.24, 2.45) is 0 Å². The van der Waals surface area contributed by atoms with Gasteiger partial charge in [-0.15, -0.1) is 0 Å². The third-order valence-corrected chi connectivity index (χ3v) is 5.22. The van der Waals surface area contributed by atoms with Gasteiger partial charge in [-0.2, -0.15) is 0 Å². The summed E-state index contributed by atoms with van der Waals surface area (Å²) in [7, 11) is 0. The first-order valence-corrected chi connectivity index (χ1v) is 9.70. The SMILES string of the molecule is O=C1C(=O)N(Cc2ccccc2)C(=O)N1CC(=O)N(Cc1ccccc1F)C1CC1. The minimum atomic E-state index is -1.02. The maximum atomic E-state index is 14.0. The molecule has 1 saturated heterocycles. The molecule has 0 spiro atoms. The fraction of sp³-hybridized carbons (Fsp3) is 0.273. The zero-order chi connectivity index (χ0) is 21.3. The van der Waals surface area contributed by atoms with Gasteiger partial charge >= 0.3 is 17.8 Å². The van der Waals surface area contributed by atoms with E-state index >= 15 is 0 Å². The molecule has 1 aliphatic heterocycles. The van der Waals surface area contributed by atoms with Crippen molar-refractivity contribution in [2.45, 2.75) is 32.0 Å². The zero-order valence-corrected chi connectivity index (χ0v) is 16.2. The third-order valence-electron chi connectivity index (χ3n) is 5.22. The van der Waals surface area contributed by atoms with Crippen LogP contribution in [0.15, 0.2) is 54.6 Å². The Labute approximate surface area is 172 Å². The molecule has 0 bridgehead atoms. The van der Waals surface area contributed by atoms with Crippen LogP contribution in [0.25, 0.3) is 0 Å². The van der Waals surface area contributed by atoms with Crippen LogP contribution < -0.4 is 0 Å². The number of nitrogens with zero attached hydrogens (tertiary/aromatic N) is 3. The van der Waals surface area contributed by atoms with E-state index in [9.17, 15) is 23.6 Å². The molecule has 2 fully saturated rings. The molecule has 5 amide bonds. The highest BCUT2D eigenvalue weighted by atomic mass is 19.1. The minimum absolute atomic E-state index is 0.0451. The highest BCUT2D eigenvalue weighted by molar-refractivity contribution is 6.44. The van der Waals surface area contributed by atoms with Crippen molar-refractivity contribution in [1.29, 1.82) is 0 Å². The summed E-state index contributed by atoms with van der Waals surface area (Å²) in [6, 6.07) is 14.1. The average molecular weight is 409 g/mol. The molecule has 0 radical (unpaired) electrons. The standard InChI is InChI=1S/C22H20FN3O4/c23-18-9-5-4-8-16(18)13-24(17-10-11-17)19(27)14-26-21(29)20(28)25(22(26)30)12-15-6-2-1-3-7-15/h1-9,17H,10-14H2. The molecule has 2 aliphatic rings. The van der Waals surface area contributed by atoms with Crippen LogP contribution in [0.2, 0.25) is 0 Å². The first kappa shape index (κ1) is 19.8. The van der Waals surface area contributed by atoms with Crippen LogP contribution in [0.1, 0.15) is 24.0 Å². The number of carbonyl (C=O) groups is 4. The number of carbonyl (C=O) groups excluding carboxylic acids is 4. The molecule has 0 atom stereocenters. The Morgan fingerprint density at radius 1 is 0.933 bits per heavy atom. The van der Waals surface area contributed by atoms with Gasteiger partial charge in [-0.1, -0.05) is 48.5 Å². The molecule has 154 valence electrons. The van der Waals surface area contributed by atoms with E-state index in [0.29, 0.717) is 16.0 Å². The fourth-order valence-corrected chi connectivity index (χ4v) is 3.44. The summed E-state index contributed by atoms with van der Waals surface area (Å²) in [6.45, 7) is -0.537. The lowest BCUT2D eigenvalue weighted by molar-refractivity contribution is -0.145. The molecule has 4 rings (SSSR count). The highest BCUT2D eigenvalue weighted by Gasteiger charge is 2.46. The molecule has 0 aromatic heterocycles. The maximum absolute atomic E-state index is 14.0. The van der Waals surface area contributed by atoms with Gasteiger partial charge in [-0.25, -0.2) is 14.1 Å². The summed E-state index contributed by atoms with van der Waals surface area (Å²) in [4.78, 5) is 53.2. The molecule has 0 N–H and O–H groups in total. The van der Waals surface area contributed by atoms with Crippen molar-refractivity contribution in [1.82, 2.24) is 14.7 Å². The summed E-state index contributed by atoms with van der Waals surface area (Å²) in [5, 5.41) is 0. The predicted molar refractivity (Wildman–Crippen MR) is 104 cm³/mol. The van der Waals surface area contributed by atoms with E-state index < -0.39 is 36.1 Å². The first-order valence-electron chi connectivity index (χ1n) is 9.70. The Bertz CT molecular complexity index is 1010. The molecule has 1 heterocycles. The number of hydrogen-bond donors (Lipinski definition) is 0. The summed E-state index contributed by atoms with van der Waals surface area (Å²) in [6.07, 6.45) is 1.56. The van der Waals surface area contributed by atoms with Gasteiger partial charge in [0.05, 0.1) is 6.54 Å². The van der Waals surface area contributed by atoms with Crippen LogP contribution in [-0.4, -0.2) is 51.0 Å². The minimum Gasteiger partial charge on any atom is -0.334 e. The molecule has 30 heavy (non-hydrogen) atoms. The van der Waals surface area contributed by atoms with Crippen molar-refractivity contribution in [3.63, 3.8) is 0 Å².